The maximum absolute atomic E-state index is 12.5. The molecule has 0 saturated heterocycles. The highest BCUT2D eigenvalue weighted by Crippen LogP contribution is 2.18. The predicted molar refractivity (Wildman–Crippen MR) is 297 cm³/mol. The first-order valence-corrected chi connectivity index (χ1v) is 30.9. The Hall–Kier alpha value is -1.40. The molecule has 0 aromatic carbocycles. The van der Waals surface area contributed by atoms with E-state index in [1.54, 1.807) is 0 Å². The average molecular weight is 961 g/mol. The lowest BCUT2D eigenvalue weighted by Gasteiger charge is -2.22. The van der Waals surface area contributed by atoms with Gasteiger partial charge in [-0.25, -0.2) is 0 Å². The Morgan fingerprint density at radius 1 is 0.397 bits per heavy atom. The minimum absolute atomic E-state index is 0.00152. The van der Waals surface area contributed by atoms with E-state index in [1.165, 1.54) is 270 Å². The summed E-state index contributed by atoms with van der Waals surface area (Å²) >= 11 is 0. The molecule has 0 radical (unpaired) electrons. The van der Waals surface area contributed by atoms with Gasteiger partial charge < -0.3 is 20.3 Å². The standard InChI is InChI=1S/C62H121NO5/c1-3-5-7-9-11-13-15-17-19-21-22-24-26-30-34-38-42-46-50-54-60(65)59(58-64)63-61(66)55-51-47-43-39-35-31-27-25-29-33-37-41-45-49-53-57-68-62(67)56-52-48-44-40-36-32-28-23-20-18-16-14-12-10-8-6-4-2/h18,20,59-60,64-65H,3-17,19,21-58H2,1-2H3,(H,63,66)/b20-18-. The Labute approximate surface area is 425 Å². The van der Waals surface area contributed by atoms with E-state index in [1.807, 2.05) is 0 Å². The fraction of sp³-hybridized carbons (Fsp3) is 0.935. The number of aliphatic hydroxyl groups is 2. The lowest BCUT2D eigenvalue weighted by atomic mass is 10.0. The van der Waals surface area contributed by atoms with E-state index in [-0.39, 0.29) is 18.5 Å². The van der Waals surface area contributed by atoms with Gasteiger partial charge in [-0.15, -0.1) is 0 Å². The van der Waals surface area contributed by atoms with Gasteiger partial charge in [0.25, 0.3) is 0 Å². The summed E-state index contributed by atoms with van der Waals surface area (Å²) in [6, 6.07) is -0.548. The number of ether oxygens (including phenoxy) is 1. The number of hydrogen-bond acceptors (Lipinski definition) is 5. The molecule has 68 heavy (non-hydrogen) atoms. The normalized spacial score (nSPS) is 12.6. The molecule has 3 N–H and O–H groups in total. The molecule has 0 saturated carbocycles. The summed E-state index contributed by atoms with van der Waals surface area (Å²) in [5, 5.41) is 23.3. The van der Waals surface area contributed by atoms with E-state index >= 15 is 0 Å². The Bertz CT molecular complexity index is 1020. The minimum atomic E-state index is -0.670. The molecular formula is C62H121NO5. The maximum atomic E-state index is 12.5. The van der Waals surface area contributed by atoms with Crippen LogP contribution in [0.5, 0.6) is 0 Å². The largest absolute Gasteiger partial charge is 0.466 e. The Morgan fingerprint density at radius 3 is 1.04 bits per heavy atom. The smallest absolute Gasteiger partial charge is 0.305 e. The molecule has 1 amide bonds. The summed E-state index contributed by atoms with van der Waals surface area (Å²) in [5.74, 6) is -0.0415. The molecule has 0 fully saturated rings. The molecule has 404 valence electrons. The minimum Gasteiger partial charge on any atom is -0.466 e. The second-order valence-electron chi connectivity index (χ2n) is 21.4. The van der Waals surface area contributed by atoms with Crippen LogP contribution in [0.15, 0.2) is 12.2 Å². The van der Waals surface area contributed by atoms with Crippen molar-refractivity contribution in [1.82, 2.24) is 5.32 Å². The van der Waals surface area contributed by atoms with Gasteiger partial charge in [0.2, 0.25) is 5.91 Å². The first-order valence-electron chi connectivity index (χ1n) is 30.9. The summed E-state index contributed by atoms with van der Waals surface area (Å²) in [5.41, 5.74) is 0. The van der Waals surface area contributed by atoms with Gasteiger partial charge in [0.15, 0.2) is 0 Å². The molecule has 6 nitrogen and oxygen atoms in total. The van der Waals surface area contributed by atoms with E-state index in [4.69, 9.17) is 4.74 Å². The van der Waals surface area contributed by atoms with Crippen LogP contribution in [0, 0.1) is 0 Å². The van der Waals surface area contributed by atoms with Crippen molar-refractivity contribution < 1.29 is 24.5 Å². The summed E-state index contributed by atoms with van der Waals surface area (Å²) < 4.78 is 5.49. The first-order chi connectivity index (χ1) is 33.5. The van der Waals surface area contributed by atoms with Crippen LogP contribution in [0.4, 0.5) is 0 Å². The molecule has 0 bridgehead atoms. The molecule has 0 aromatic heterocycles. The van der Waals surface area contributed by atoms with Crippen molar-refractivity contribution in [2.75, 3.05) is 13.2 Å². The molecular weight excluding hydrogens is 839 g/mol. The van der Waals surface area contributed by atoms with E-state index in [2.05, 4.69) is 31.3 Å². The third-order valence-corrected chi connectivity index (χ3v) is 14.6. The van der Waals surface area contributed by atoms with Crippen LogP contribution in [0.2, 0.25) is 0 Å². The highest BCUT2D eigenvalue weighted by Gasteiger charge is 2.20. The molecule has 0 aliphatic carbocycles. The number of carbonyl (C=O) groups is 2. The van der Waals surface area contributed by atoms with Crippen LogP contribution in [0.25, 0.3) is 0 Å². The monoisotopic (exact) mass is 960 g/mol. The van der Waals surface area contributed by atoms with Gasteiger partial charge in [0, 0.05) is 12.8 Å². The van der Waals surface area contributed by atoms with Crippen molar-refractivity contribution in [2.24, 2.45) is 0 Å². The fourth-order valence-corrected chi connectivity index (χ4v) is 9.81. The van der Waals surface area contributed by atoms with Crippen LogP contribution in [0.1, 0.15) is 348 Å². The second-order valence-corrected chi connectivity index (χ2v) is 21.4. The Morgan fingerprint density at radius 2 is 0.691 bits per heavy atom. The summed E-state index contributed by atoms with van der Waals surface area (Å²) in [6.07, 6.45) is 69.2. The summed E-state index contributed by atoms with van der Waals surface area (Å²) in [7, 11) is 0. The van der Waals surface area contributed by atoms with Gasteiger partial charge in [-0.05, 0) is 51.4 Å². The number of unbranched alkanes of at least 4 members (excludes halogenated alkanes) is 45. The number of allylic oxidation sites excluding steroid dienone is 2. The number of carbonyl (C=O) groups excluding carboxylic acids is 2. The molecule has 2 unspecified atom stereocenters. The Kier molecular flexibility index (Phi) is 57.0. The number of esters is 1. The zero-order chi connectivity index (χ0) is 49.3. The highest BCUT2D eigenvalue weighted by atomic mass is 16.5. The number of rotatable bonds is 58. The van der Waals surface area contributed by atoms with Gasteiger partial charge in [0.1, 0.15) is 0 Å². The molecule has 0 aliphatic heterocycles. The molecule has 0 heterocycles. The van der Waals surface area contributed by atoms with Crippen molar-refractivity contribution in [2.45, 2.75) is 360 Å². The van der Waals surface area contributed by atoms with Crippen LogP contribution in [0.3, 0.4) is 0 Å². The van der Waals surface area contributed by atoms with Gasteiger partial charge in [-0.1, -0.05) is 296 Å². The number of aliphatic hydroxyl groups excluding tert-OH is 2. The van der Waals surface area contributed by atoms with E-state index < -0.39 is 12.1 Å². The van der Waals surface area contributed by atoms with E-state index in [9.17, 15) is 19.8 Å². The van der Waals surface area contributed by atoms with Crippen molar-refractivity contribution in [3.05, 3.63) is 12.2 Å². The number of hydrogen-bond donors (Lipinski definition) is 3. The zero-order valence-electron chi connectivity index (χ0n) is 46.1. The van der Waals surface area contributed by atoms with Crippen molar-refractivity contribution >= 4 is 11.9 Å². The van der Waals surface area contributed by atoms with E-state index in [0.717, 1.165) is 44.9 Å². The average Bonchev–Trinajstić information content (AvgIpc) is 3.34. The molecule has 2 atom stereocenters. The second kappa shape index (κ2) is 58.2. The summed E-state index contributed by atoms with van der Waals surface area (Å²) in [4.78, 5) is 24.6. The zero-order valence-corrected chi connectivity index (χ0v) is 46.1. The Balaban J connectivity index is 3.42. The number of nitrogens with one attached hydrogen (secondary N) is 1. The van der Waals surface area contributed by atoms with E-state index in [0.29, 0.717) is 25.9 Å². The van der Waals surface area contributed by atoms with Gasteiger partial charge in [-0.2, -0.15) is 0 Å². The quantitative estimate of drug-likeness (QED) is 0.0321. The summed E-state index contributed by atoms with van der Waals surface area (Å²) in [6.45, 7) is 4.96. The van der Waals surface area contributed by atoms with Crippen LogP contribution >= 0.6 is 0 Å². The highest BCUT2D eigenvalue weighted by molar-refractivity contribution is 5.76. The molecule has 0 spiro atoms. The molecule has 0 rings (SSSR count). The third-order valence-electron chi connectivity index (χ3n) is 14.6. The topological polar surface area (TPSA) is 95.9 Å². The first kappa shape index (κ1) is 66.6. The molecule has 0 aliphatic rings. The fourth-order valence-electron chi connectivity index (χ4n) is 9.81. The van der Waals surface area contributed by atoms with Gasteiger partial charge >= 0.3 is 5.97 Å². The van der Waals surface area contributed by atoms with Crippen LogP contribution in [-0.2, 0) is 14.3 Å². The molecule has 6 heteroatoms. The lowest BCUT2D eigenvalue weighted by molar-refractivity contribution is -0.143. The van der Waals surface area contributed by atoms with Crippen molar-refractivity contribution in [3.63, 3.8) is 0 Å². The third kappa shape index (κ3) is 53.9. The van der Waals surface area contributed by atoms with Crippen LogP contribution < -0.4 is 5.32 Å². The maximum Gasteiger partial charge on any atom is 0.305 e. The van der Waals surface area contributed by atoms with Gasteiger partial charge in [-0.3, -0.25) is 9.59 Å². The van der Waals surface area contributed by atoms with Crippen molar-refractivity contribution in [1.29, 1.82) is 0 Å². The number of amides is 1. The van der Waals surface area contributed by atoms with Gasteiger partial charge in [0.05, 0.1) is 25.4 Å². The van der Waals surface area contributed by atoms with Crippen molar-refractivity contribution in [3.8, 4) is 0 Å². The van der Waals surface area contributed by atoms with Crippen LogP contribution in [-0.4, -0.2) is 47.4 Å². The molecule has 0 aromatic rings. The lowest BCUT2D eigenvalue weighted by Crippen LogP contribution is -2.45. The SMILES string of the molecule is CCCCCCCC/C=C\CCCCCCCCCC(=O)OCCCCCCCCCCCCCCCCCC(=O)NC(CO)C(O)CCCCCCCCCCCCCCCCCCCCC. The predicted octanol–water partition coefficient (Wildman–Crippen LogP) is 19.2.